The highest BCUT2D eigenvalue weighted by Crippen LogP contribution is 2.30. The molecule has 1 N–H and O–H groups in total. The quantitative estimate of drug-likeness (QED) is 0.169. The van der Waals surface area contributed by atoms with Crippen LogP contribution in [0.4, 0.5) is 0 Å². The molecular formula is C33H47ClN2O. The molecule has 202 valence electrons. The first kappa shape index (κ1) is 29.6. The molecule has 0 amide bonds. The predicted molar refractivity (Wildman–Crippen MR) is 160 cm³/mol. The van der Waals surface area contributed by atoms with Gasteiger partial charge in [-0.15, -0.1) is 0 Å². The Bertz CT molecular complexity index is 1020. The van der Waals surface area contributed by atoms with E-state index in [0.717, 1.165) is 40.8 Å². The zero-order chi connectivity index (χ0) is 26.3. The molecule has 4 heteroatoms. The summed E-state index contributed by atoms with van der Waals surface area (Å²) in [6, 6.07) is 18.0. The van der Waals surface area contributed by atoms with E-state index in [-0.39, 0.29) is 0 Å². The van der Waals surface area contributed by atoms with Gasteiger partial charge in [0.05, 0.1) is 17.3 Å². The summed E-state index contributed by atoms with van der Waals surface area (Å²) in [5.74, 6) is 0. The average Bonchev–Trinajstić information content (AvgIpc) is 2.92. The first-order chi connectivity index (χ1) is 18.1. The Morgan fingerprint density at radius 2 is 1.32 bits per heavy atom. The third kappa shape index (κ3) is 10.0. The number of hydrogen-bond acceptors (Lipinski definition) is 3. The summed E-state index contributed by atoms with van der Waals surface area (Å²) in [6.45, 7) is 7.32. The summed E-state index contributed by atoms with van der Waals surface area (Å²) in [5, 5.41) is 13.3. The predicted octanol–water partition coefficient (Wildman–Crippen LogP) is 9.61. The Balaban J connectivity index is 1.72. The minimum Gasteiger partial charge on any atom is -0.387 e. The van der Waals surface area contributed by atoms with Crippen LogP contribution in [0.15, 0.2) is 54.6 Å². The van der Waals surface area contributed by atoms with Crippen molar-refractivity contribution in [2.24, 2.45) is 0 Å². The van der Waals surface area contributed by atoms with Crippen LogP contribution in [0.1, 0.15) is 103 Å². The molecule has 1 atom stereocenters. The van der Waals surface area contributed by atoms with Crippen molar-refractivity contribution in [1.82, 2.24) is 9.88 Å². The molecule has 0 fully saturated rings. The summed E-state index contributed by atoms with van der Waals surface area (Å²) in [7, 11) is 0. The molecule has 0 saturated carbocycles. The van der Waals surface area contributed by atoms with Gasteiger partial charge in [0, 0.05) is 22.5 Å². The zero-order valence-electron chi connectivity index (χ0n) is 23.1. The lowest BCUT2D eigenvalue weighted by Crippen LogP contribution is -2.31. The molecule has 0 saturated heterocycles. The summed E-state index contributed by atoms with van der Waals surface area (Å²) >= 11 is 6.12. The fourth-order valence-corrected chi connectivity index (χ4v) is 5.24. The first-order valence-electron chi connectivity index (χ1n) is 14.7. The number of pyridine rings is 1. The van der Waals surface area contributed by atoms with Gasteiger partial charge in [-0.05, 0) is 55.8 Å². The van der Waals surface area contributed by atoms with Crippen molar-refractivity contribution < 1.29 is 5.11 Å². The van der Waals surface area contributed by atoms with Gasteiger partial charge in [-0.3, -0.25) is 0 Å². The van der Waals surface area contributed by atoms with Crippen LogP contribution < -0.4 is 0 Å². The standard InChI is InChI=1S/C33H47ClN2O/c1-3-5-7-9-11-15-23-36(24-16-12-10-8-6-4-2)26-33(37)30-25-32(27-19-21-28(34)22-20-27)35-31-18-14-13-17-29(30)31/h13-14,17-22,25,33,37H,3-12,15-16,23-24,26H2,1-2H3. The van der Waals surface area contributed by atoms with E-state index >= 15 is 0 Å². The fraction of sp³-hybridized carbons (Fsp3) is 0.545. The molecule has 1 heterocycles. The topological polar surface area (TPSA) is 36.4 Å². The van der Waals surface area contributed by atoms with Crippen LogP contribution in [0.2, 0.25) is 5.02 Å². The largest absolute Gasteiger partial charge is 0.387 e. The lowest BCUT2D eigenvalue weighted by Gasteiger charge is -2.26. The van der Waals surface area contributed by atoms with Crippen molar-refractivity contribution in [3.63, 3.8) is 0 Å². The normalized spacial score (nSPS) is 12.5. The number of aliphatic hydroxyl groups is 1. The van der Waals surface area contributed by atoms with E-state index < -0.39 is 6.10 Å². The highest BCUT2D eigenvalue weighted by molar-refractivity contribution is 6.30. The molecule has 1 unspecified atom stereocenters. The van der Waals surface area contributed by atoms with Crippen molar-refractivity contribution >= 4 is 22.5 Å². The molecule has 0 spiro atoms. The minimum atomic E-state index is -0.556. The number of hydrogen-bond donors (Lipinski definition) is 1. The summed E-state index contributed by atoms with van der Waals surface area (Å²) in [6.07, 6.45) is 15.0. The number of nitrogens with zero attached hydrogens (tertiary/aromatic N) is 2. The van der Waals surface area contributed by atoms with Gasteiger partial charge in [-0.1, -0.05) is 120 Å². The van der Waals surface area contributed by atoms with E-state index in [0.29, 0.717) is 11.6 Å². The second kappa shape index (κ2) is 16.8. The average molecular weight is 523 g/mol. The summed E-state index contributed by atoms with van der Waals surface area (Å²) in [4.78, 5) is 7.40. The van der Waals surface area contributed by atoms with Gasteiger partial charge in [0.1, 0.15) is 0 Å². The summed E-state index contributed by atoms with van der Waals surface area (Å²) < 4.78 is 0. The van der Waals surface area contributed by atoms with E-state index in [1.807, 2.05) is 42.5 Å². The molecule has 2 aromatic carbocycles. The number of rotatable bonds is 18. The number of para-hydroxylation sites is 1. The number of benzene rings is 2. The van der Waals surface area contributed by atoms with Crippen LogP contribution in [0.3, 0.4) is 0 Å². The Hall–Kier alpha value is -1.94. The van der Waals surface area contributed by atoms with Gasteiger partial charge in [0.15, 0.2) is 0 Å². The lowest BCUT2D eigenvalue weighted by atomic mass is 9.99. The Kier molecular flexibility index (Phi) is 13.5. The molecule has 3 nitrogen and oxygen atoms in total. The van der Waals surface area contributed by atoms with E-state index in [9.17, 15) is 5.11 Å². The number of halogens is 1. The van der Waals surface area contributed by atoms with Crippen molar-refractivity contribution in [2.45, 2.75) is 97.0 Å². The van der Waals surface area contributed by atoms with Crippen LogP contribution in [0, 0.1) is 0 Å². The van der Waals surface area contributed by atoms with E-state index in [1.165, 1.54) is 77.0 Å². The lowest BCUT2D eigenvalue weighted by molar-refractivity contribution is 0.111. The molecule has 0 aliphatic carbocycles. The zero-order valence-corrected chi connectivity index (χ0v) is 23.9. The molecular weight excluding hydrogens is 476 g/mol. The maximum absolute atomic E-state index is 11.6. The van der Waals surface area contributed by atoms with E-state index in [4.69, 9.17) is 16.6 Å². The van der Waals surface area contributed by atoms with Crippen LogP contribution >= 0.6 is 11.6 Å². The van der Waals surface area contributed by atoms with Gasteiger partial charge in [-0.2, -0.15) is 0 Å². The molecule has 0 bridgehead atoms. The van der Waals surface area contributed by atoms with Crippen LogP contribution in [-0.4, -0.2) is 34.6 Å². The van der Waals surface area contributed by atoms with Gasteiger partial charge < -0.3 is 10.0 Å². The third-order valence-electron chi connectivity index (χ3n) is 7.33. The molecule has 0 aliphatic rings. The highest BCUT2D eigenvalue weighted by Gasteiger charge is 2.18. The van der Waals surface area contributed by atoms with Crippen LogP contribution in [-0.2, 0) is 0 Å². The second-order valence-electron chi connectivity index (χ2n) is 10.5. The molecule has 3 aromatic rings. The SMILES string of the molecule is CCCCCCCCN(CCCCCCCC)CC(O)c1cc(-c2ccc(Cl)cc2)nc2ccccc12. The van der Waals surface area contributed by atoms with Crippen molar-refractivity contribution in [3.05, 3.63) is 65.2 Å². The molecule has 37 heavy (non-hydrogen) atoms. The van der Waals surface area contributed by atoms with Gasteiger partial charge in [-0.25, -0.2) is 4.98 Å². The first-order valence-corrected chi connectivity index (χ1v) is 15.1. The van der Waals surface area contributed by atoms with Gasteiger partial charge in [0.2, 0.25) is 0 Å². The van der Waals surface area contributed by atoms with Crippen molar-refractivity contribution in [2.75, 3.05) is 19.6 Å². The number of aromatic nitrogens is 1. The maximum Gasteiger partial charge on any atom is 0.0924 e. The number of fused-ring (bicyclic) bond motifs is 1. The van der Waals surface area contributed by atoms with Crippen molar-refractivity contribution in [3.8, 4) is 11.3 Å². The van der Waals surface area contributed by atoms with Gasteiger partial charge in [0.25, 0.3) is 0 Å². The highest BCUT2D eigenvalue weighted by atomic mass is 35.5. The fourth-order valence-electron chi connectivity index (χ4n) is 5.12. The molecule has 1 aromatic heterocycles. The smallest absolute Gasteiger partial charge is 0.0924 e. The third-order valence-corrected chi connectivity index (χ3v) is 7.59. The van der Waals surface area contributed by atoms with Gasteiger partial charge >= 0.3 is 0 Å². The monoisotopic (exact) mass is 522 g/mol. The molecule has 0 aliphatic heterocycles. The Morgan fingerprint density at radius 3 is 1.95 bits per heavy atom. The van der Waals surface area contributed by atoms with E-state index in [1.54, 1.807) is 0 Å². The summed E-state index contributed by atoms with van der Waals surface area (Å²) in [5.41, 5.74) is 3.77. The Morgan fingerprint density at radius 1 is 0.757 bits per heavy atom. The maximum atomic E-state index is 11.6. The number of aliphatic hydroxyl groups excluding tert-OH is 1. The van der Waals surface area contributed by atoms with Crippen LogP contribution in [0.5, 0.6) is 0 Å². The molecule has 3 rings (SSSR count). The van der Waals surface area contributed by atoms with E-state index in [2.05, 4.69) is 30.9 Å². The second-order valence-corrected chi connectivity index (χ2v) is 10.9. The Labute approximate surface area is 230 Å². The van der Waals surface area contributed by atoms with Crippen molar-refractivity contribution in [1.29, 1.82) is 0 Å². The number of unbranched alkanes of at least 4 members (excludes halogenated alkanes) is 10. The molecule has 0 radical (unpaired) electrons. The minimum absolute atomic E-state index is 0.556. The van der Waals surface area contributed by atoms with Crippen LogP contribution in [0.25, 0.3) is 22.2 Å².